The summed E-state index contributed by atoms with van der Waals surface area (Å²) in [6.45, 7) is 2.46. The van der Waals surface area contributed by atoms with Crippen molar-refractivity contribution >= 4 is 16.7 Å². The van der Waals surface area contributed by atoms with Crippen LogP contribution < -0.4 is 4.74 Å². The van der Waals surface area contributed by atoms with Crippen LogP contribution in [0.1, 0.15) is 22.8 Å². The monoisotopic (exact) mass is 279 g/mol. The number of aromatic nitrogens is 1. The molecule has 0 unspecified atom stereocenters. The second-order valence-corrected chi connectivity index (χ2v) is 4.93. The van der Waals surface area contributed by atoms with Crippen molar-refractivity contribution in [2.45, 2.75) is 6.92 Å². The number of nitrogens with zero attached hydrogens (tertiary/aromatic N) is 1. The van der Waals surface area contributed by atoms with E-state index < -0.39 is 0 Å². The quantitative estimate of drug-likeness (QED) is 0.680. The maximum absolute atomic E-state index is 12.9. The Hall–Kier alpha value is -2.55. The van der Waals surface area contributed by atoms with Crippen molar-refractivity contribution < 1.29 is 9.53 Å². The van der Waals surface area contributed by atoms with Crippen molar-refractivity contribution in [3.05, 3.63) is 65.9 Å². The molecule has 106 valence electrons. The molecule has 0 aliphatic heterocycles. The van der Waals surface area contributed by atoms with Crippen molar-refractivity contribution in [2.24, 2.45) is 7.05 Å². The predicted molar refractivity (Wildman–Crippen MR) is 84.0 cm³/mol. The topological polar surface area (TPSA) is 31.2 Å². The molecule has 0 amide bonds. The lowest BCUT2D eigenvalue weighted by atomic mass is 10.0. The number of hydrogen-bond acceptors (Lipinski definition) is 2. The SMILES string of the molecule is CCOc1ccccc1C(=O)c1cn(C)c2ccccc12. The fourth-order valence-electron chi connectivity index (χ4n) is 2.60. The van der Waals surface area contributed by atoms with E-state index in [4.69, 9.17) is 4.74 Å². The fraction of sp³-hybridized carbons (Fsp3) is 0.167. The van der Waals surface area contributed by atoms with Crippen molar-refractivity contribution in [3.8, 4) is 5.75 Å². The first-order valence-corrected chi connectivity index (χ1v) is 7.03. The van der Waals surface area contributed by atoms with Crippen LogP contribution in [0.5, 0.6) is 5.75 Å². The molecule has 0 radical (unpaired) electrons. The number of ether oxygens (including phenoxy) is 1. The molecule has 0 aliphatic rings. The maximum Gasteiger partial charge on any atom is 0.198 e. The Morgan fingerprint density at radius 2 is 1.76 bits per heavy atom. The van der Waals surface area contributed by atoms with Crippen molar-refractivity contribution in [1.29, 1.82) is 0 Å². The number of aryl methyl sites for hydroxylation is 1. The van der Waals surface area contributed by atoms with E-state index in [0.29, 0.717) is 23.5 Å². The Bertz CT molecular complexity index is 802. The largest absolute Gasteiger partial charge is 0.493 e. The molecule has 21 heavy (non-hydrogen) atoms. The highest BCUT2D eigenvalue weighted by atomic mass is 16.5. The average molecular weight is 279 g/mol. The zero-order valence-corrected chi connectivity index (χ0v) is 12.2. The number of carbonyl (C=O) groups is 1. The van der Waals surface area contributed by atoms with Gasteiger partial charge in [0.25, 0.3) is 0 Å². The van der Waals surface area contributed by atoms with Gasteiger partial charge in [-0.2, -0.15) is 0 Å². The molecule has 0 N–H and O–H groups in total. The summed E-state index contributed by atoms with van der Waals surface area (Å²) in [6.07, 6.45) is 1.88. The third-order valence-corrected chi connectivity index (χ3v) is 3.57. The van der Waals surface area contributed by atoms with Gasteiger partial charge >= 0.3 is 0 Å². The van der Waals surface area contributed by atoms with Crippen LogP contribution in [-0.4, -0.2) is 17.0 Å². The summed E-state index contributed by atoms with van der Waals surface area (Å²) in [7, 11) is 1.95. The van der Waals surface area contributed by atoms with Crippen LogP contribution in [0.25, 0.3) is 10.9 Å². The van der Waals surface area contributed by atoms with Crippen LogP contribution in [0.2, 0.25) is 0 Å². The van der Waals surface area contributed by atoms with Crippen LogP contribution in [-0.2, 0) is 7.05 Å². The van der Waals surface area contributed by atoms with Gasteiger partial charge in [0.05, 0.1) is 12.2 Å². The Kier molecular flexibility index (Phi) is 3.48. The van der Waals surface area contributed by atoms with Crippen molar-refractivity contribution in [2.75, 3.05) is 6.61 Å². The highest BCUT2D eigenvalue weighted by molar-refractivity contribution is 6.17. The van der Waals surface area contributed by atoms with Gasteiger partial charge in [0.2, 0.25) is 0 Å². The van der Waals surface area contributed by atoms with Gasteiger partial charge in [-0.3, -0.25) is 4.79 Å². The summed E-state index contributed by atoms with van der Waals surface area (Å²) in [6, 6.07) is 15.3. The van der Waals surface area contributed by atoms with Gasteiger partial charge in [-0.1, -0.05) is 30.3 Å². The number of carbonyl (C=O) groups excluding carboxylic acids is 1. The molecule has 3 heteroatoms. The molecule has 3 aromatic rings. The summed E-state index contributed by atoms with van der Waals surface area (Å²) in [4.78, 5) is 12.9. The lowest BCUT2D eigenvalue weighted by Gasteiger charge is -2.08. The van der Waals surface area contributed by atoms with Gasteiger partial charge in [-0.05, 0) is 25.1 Å². The second-order valence-electron chi connectivity index (χ2n) is 4.93. The zero-order valence-electron chi connectivity index (χ0n) is 12.2. The molecule has 0 fully saturated rings. The molecule has 0 saturated heterocycles. The van der Waals surface area contributed by atoms with Gasteiger partial charge in [0, 0.05) is 29.7 Å². The van der Waals surface area contributed by atoms with Crippen LogP contribution in [0.3, 0.4) is 0 Å². The van der Waals surface area contributed by atoms with E-state index in [0.717, 1.165) is 10.9 Å². The molecule has 1 heterocycles. The van der Waals surface area contributed by atoms with Gasteiger partial charge in [-0.25, -0.2) is 0 Å². The van der Waals surface area contributed by atoms with E-state index >= 15 is 0 Å². The zero-order chi connectivity index (χ0) is 14.8. The van der Waals surface area contributed by atoms with Crippen LogP contribution >= 0.6 is 0 Å². The number of hydrogen-bond donors (Lipinski definition) is 0. The number of benzene rings is 2. The second kappa shape index (κ2) is 5.44. The van der Waals surface area contributed by atoms with Crippen molar-refractivity contribution in [1.82, 2.24) is 4.57 Å². The Morgan fingerprint density at radius 3 is 2.57 bits per heavy atom. The molecule has 3 rings (SSSR count). The lowest BCUT2D eigenvalue weighted by Crippen LogP contribution is -2.05. The smallest absolute Gasteiger partial charge is 0.198 e. The number of rotatable bonds is 4. The normalized spacial score (nSPS) is 10.8. The Morgan fingerprint density at radius 1 is 1.05 bits per heavy atom. The minimum atomic E-state index is -0.00384. The van der Waals surface area contributed by atoms with E-state index in [-0.39, 0.29) is 5.78 Å². The molecule has 0 atom stereocenters. The first kappa shape index (κ1) is 13.4. The standard InChI is InChI=1S/C18H17NO2/c1-3-21-17-11-7-5-9-14(17)18(20)15-12-19(2)16-10-6-4-8-13(15)16/h4-12H,3H2,1-2H3. The van der Waals surface area contributed by atoms with Crippen molar-refractivity contribution in [3.63, 3.8) is 0 Å². The fourth-order valence-corrected chi connectivity index (χ4v) is 2.60. The van der Waals surface area contributed by atoms with E-state index in [1.165, 1.54) is 0 Å². The van der Waals surface area contributed by atoms with Crippen LogP contribution in [0.15, 0.2) is 54.7 Å². The van der Waals surface area contributed by atoms with E-state index in [2.05, 4.69) is 0 Å². The molecule has 0 aliphatic carbocycles. The Labute approximate surface area is 123 Å². The Balaban J connectivity index is 2.13. The highest BCUT2D eigenvalue weighted by Gasteiger charge is 2.18. The van der Waals surface area contributed by atoms with Gasteiger partial charge in [0.15, 0.2) is 5.78 Å². The molecule has 1 aromatic heterocycles. The average Bonchev–Trinajstić information content (AvgIpc) is 2.85. The maximum atomic E-state index is 12.9. The number of para-hydroxylation sites is 2. The molecule has 0 saturated carbocycles. The number of fused-ring (bicyclic) bond motifs is 1. The molecule has 3 nitrogen and oxygen atoms in total. The summed E-state index contributed by atoms with van der Waals surface area (Å²) >= 11 is 0. The summed E-state index contributed by atoms with van der Waals surface area (Å²) in [5.41, 5.74) is 2.37. The lowest BCUT2D eigenvalue weighted by molar-refractivity contribution is 0.103. The molecule has 0 bridgehead atoms. The van der Waals surface area contributed by atoms with E-state index in [1.807, 2.05) is 73.3 Å². The predicted octanol–water partition coefficient (Wildman–Crippen LogP) is 3.81. The van der Waals surface area contributed by atoms with Gasteiger partial charge < -0.3 is 9.30 Å². The minimum Gasteiger partial charge on any atom is -0.493 e. The summed E-state index contributed by atoms with van der Waals surface area (Å²) in [5, 5.41) is 0.969. The molecular weight excluding hydrogens is 262 g/mol. The first-order valence-electron chi connectivity index (χ1n) is 7.03. The molecule has 0 spiro atoms. The summed E-state index contributed by atoms with van der Waals surface area (Å²) < 4.78 is 7.55. The van der Waals surface area contributed by atoms with Crippen LogP contribution in [0, 0.1) is 0 Å². The third-order valence-electron chi connectivity index (χ3n) is 3.57. The summed E-state index contributed by atoms with van der Waals surface area (Å²) in [5.74, 6) is 0.633. The number of ketones is 1. The molecule has 2 aromatic carbocycles. The highest BCUT2D eigenvalue weighted by Crippen LogP contribution is 2.27. The third kappa shape index (κ3) is 2.31. The van der Waals surface area contributed by atoms with Gasteiger partial charge in [0.1, 0.15) is 5.75 Å². The minimum absolute atomic E-state index is 0.00384. The van der Waals surface area contributed by atoms with E-state index in [1.54, 1.807) is 0 Å². The van der Waals surface area contributed by atoms with Gasteiger partial charge in [-0.15, -0.1) is 0 Å². The van der Waals surface area contributed by atoms with Crippen LogP contribution in [0.4, 0.5) is 0 Å². The first-order chi connectivity index (χ1) is 10.2. The molecular formula is C18H17NO2. The van der Waals surface area contributed by atoms with E-state index in [9.17, 15) is 4.79 Å².